The maximum absolute atomic E-state index is 13.0. The van der Waals surface area contributed by atoms with E-state index in [1.165, 1.54) is 19.2 Å². The Morgan fingerprint density at radius 1 is 1.62 bits per heavy atom. The number of hydrogen-bond acceptors (Lipinski definition) is 3. The highest BCUT2D eigenvalue weighted by molar-refractivity contribution is 6.30. The van der Waals surface area contributed by atoms with E-state index >= 15 is 0 Å². The number of halogens is 2. The van der Waals surface area contributed by atoms with Crippen molar-refractivity contribution in [2.75, 3.05) is 7.11 Å². The van der Waals surface area contributed by atoms with Crippen LogP contribution in [-0.2, 0) is 19.9 Å². The zero-order valence-electron chi connectivity index (χ0n) is 8.79. The number of ether oxygens (including phenoxy) is 2. The molecule has 2 unspecified atom stereocenters. The third-order valence-corrected chi connectivity index (χ3v) is 3.00. The summed E-state index contributed by atoms with van der Waals surface area (Å²) in [7, 11) is 1.29. The van der Waals surface area contributed by atoms with Crippen LogP contribution >= 0.6 is 11.6 Å². The summed E-state index contributed by atoms with van der Waals surface area (Å²) in [5.41, 5.74) is -0.0981. The predicted molar refractivity (Wildman–Crippen MR) is 55.7 cm³/mol. The Morgan fingerprint density at radius 2 is 2.31 bits per heavy atom. The van der Waals surface area contributed by atoms with Gasteiger partial charge in [0.1, 0.15) is 11.4 Å². The van der Waals surface area contributed by atoms with Crippen LogP contribution in [0, 0.1) is 5.82 Å². The van der Waals surface area contributed by atoms with Gasteiger partial charge in [0.2, 0.25) is 0 Å². The summed E-state index contributed by atoms with van der Waals surface area (Å²) in [6, 6.07) is 4.25. The minimum Gasteiger partial charge on any atom is -0.467 e. The van der Waals surface area contributed by atoms with Crippen molar-refractivity contribution in [1.82, 2.24) is 0 Å². The molecule has 1 aliphatic heterocycles. The second kappa shape index (κ2) is 3.71. The number of carbonyl (C=O) groups is 1. The van der Waals surface area contributed by atoms with E-state index < -0.39 is 23.5 Å². The van der Waals surface area contributed by atoms with E-state index in [1.54, 1.807) is 13.0 Å². The van der Waals surface area contributed by atoms with Gasteiger partial charge in [0.25, 0.3) is 0 Å². The van der Waals surface area contributed by atoms with Gasteiger partial charge in [0.05, 0.1) is 12.1 Å². The SMILES string of the molecule is COC(=O)C1OC1(C)c1ccc(F)c(Cl)c1. The molecule has 1 aromatic carbocycles. The third-order valence-electron chi connectivity index (χ3n) is 2.71. The molecule has 0 aliphatic carbocycles. The van der Waals surface area contributed by atoms with Crippen molar-refractivity contribution >= 4 is 17.6 Å². The molecular weight excluding hydrogens is 235 g/mol. The maximum Gasteiger partial charge on any atom is 0.338 e. The average Bonchev–Trinajstić information content (AvgIpc) is 2.95. The summed E-state index contributed by atoms with van der Waals surface area (Å²) in [5.74, 6) is -0.938. The molecule has 1 saturated heterocycles. The lowest BCUT2D eigenvalue weighted by Crippen LogP contribution is -2.17. The first-order valence-electron chi connectivity index (χ1n) is 4.70. The molecule has 86 valence electrons. The van der Waals surface area contributed by atoms with Crippen molar-refractivity contribution in [1.29, 1.82) is 0 Å². The van der Waals surface area contributed by atoms with Crippen LogP contribution in [0.3, 0.4) is 0 Å². The molecule has 0 spiro atoms. The number of benzene rings is 1. The lowest BCUT2D eigenvalue weighted by atomic mass is 9.97. The highest BCUT2D eigenvalue weighted by Crippen LogP contribution is 2.47. The summed E-state index contributed by atoms with van der Waals surface area (Å²) in [6.07, 6.45) is -0.640. The van der Waals surface area contributed by atoms with Crippen molar-refractivity contribution in [2.45, 2.75) is 18.6 Å². The van der Waals surface area contributed by atoms with E-state index in [1.807, 2.05) is 0 Å². The standard InChI is InChI=1S/C11H10ClFO3/c1-11(9(16-11)10(14)15-2)6-3-4-8(13)7(12)5-6/h3-5,9H,1-2H3. The molecule has 16 heavy (non-hydrogen) atoms. The Hall–Kier alpha value is -1.13. The number of rotatable bonds is 2. The molecule has 1 aliphatic rings. The summed E-state index contributed by atoms with van der Waals surface area (Å²) in [5, 5.41) is 0.0119. The molecule has 0 amide bonds. The first kappa shape index (κ1) is 11.4. The maximum atomic E-state index is 13.0. The average molecular weight is 245 g/mol. The molecule has 1 heterocycles. The van der Waals surface area contributed by atoms with E-state index in [-0.39, 0.29) is 5.02 Å². The highest BCUT2D eigenvalue weighted by Gasteiger charge is 2.59. The zero-order chi connectivity index (χ0) is 11.9. The van der Waals surface area contributed by atoms with Gasteiger partial charge in [-0.15, -0.1) is 0 Å². The quantitative estimate of drug-likeness (QED) is 0.592. The monoisotopic (exact) mass is 244 g/mol. The lowest BCUT2D eigenvalue weighted by Gasteiger charge is -2.07. The second-order valence-electron chi connectivity index (χ2n) is 3.76. The summed E-state index contributed by atoms with van der Waals surface area (Å²) in [6.45, 7) is 1.73. The van der Waals surface area contributed by atoms with Gasteiger partial charge >= 0.3 is 5.97 Å². The largest absolute Gasteiger partial charge is 0.467 e. The van der Waals surface area contributed by atoms with Crippen LogP contribution in [0.4, 0.5) is 4.39 Å². The van der Waals surface area contributed by atoms with Crippen LogP contribution in [0.25, 0.3) is 0 Å². The lowest BCUT2D eigenvalue weighted by molar-refractivity contribution is -0.142. The Morgan fingerprint density at radius 3 is 2.88 bits per heavy atom. The predicted octanol–water partition coefficient (Wildman–Crippen LogP) is 2.27. The minimum atomic E-state index is -0.759. The van der Waals surface area contributed by atoms with Crippen molar-refractivity contribution in [3.63, 3.8) is 0 Å². The van der Waals surface area contributed by atoms with Crippen LogP contribution in [0.5, 0.6) is 0 Å². The molecule has 2 atom stereocenters. The van der Waals surface area contributed by atoms with Crippen LogP contribution in [0.1, 0.15) is 12.5 Å². The number of esters is 1. The van der Waals surface area contributed by atoms with Crippen molar-refractivity contribution in [3.05, 3.63) is 34.6 Å². The Balaban J connectivity index is 2.26. The molecule has 0 bridgehead atoms. The molecule has 0 aromatic heterocycles. The van der Waals surface area contributed by atoms with Crippen LogP contribution in [0.15, 0.2) is 18.2 Å². The van der Waals surface area contributed by atoms with E-state index in [0.717, 1.165) is 0 Å². The van der Waals surface area contributed by atoms with Crippen LogP contribution in [-0.4, -0.2) is 19.2 Å². The normalized spacial score (nSPS) is 27.6. The fourth-order valence-corrected chi connectivity index (χ4v) is 1.80. The highest BCUT2D eigenvalue weighted by atomic mass is 35.5. The Bertz CT molecular complexity index is 449. The van der Waals surface area contributed by atoms with Gasteiger partial charge in [-0.25, -0.2) is 9.18 Å². The molecule has 3 nitrogen and oxygen atoms in total. The zero-order valence-corrected chi connectivity index (χ0v) is 9.55. The molecular formula is C11H10ClFO3. The molecule has 1 fully saturated rings. The topological polar surface area (TPSA) is 38.8 Å². The number of hydrogen-bond donors (Lipinski definition) is 0. The number of methoxy groups -OCH3 is 1. The fourth-order valence-electron chi connectivity index (χ4n) is 1.62. The van der Waals surface area contributed by atoms with Crippen molar-refractivity contribution in [2.24, 2.45) is 0 Å². The van der Waals surface area contributed by atoms with E-state index in [9.17, 15) is 9.18 Å². The van der Waals surface area contributed by atoms with Gasteiger partial charge < -0.3 is 9.47 Å². The van der Waals surface area contributed by atoms with Crippen molar-refractivity contribution < 1.29 is 18.7 Å². The fraction of sp³-hybridized carbons (Fsp3) is 0.364. The van der Waals surface area contributed by atoms with Crippen LogP contribution in [0.2, 0.25) is 5.02 Å². The molecule has 1 aromatic rings. The van der Waals surface area contributed by atoms with Crippen molar-refractivity contribution in [3.8, 4) is 0 Å². The van der Waals surface area contributed by atoms with Gasteiger partial charge in [-0.1, -0.05) is 17.7 Å². The Kier molecular flexibility index (Phi) is 2.64. The first-order chi connectivity index (χ1) is 7.49. The molecule has 2 rings (SSSR count). The molecule has 0 saturated carbocycles. The first-order valence-corrected chi connectivity index (χ1v) is 5.08. The summed E-state index contributed by atoms with van der Waals surface area (Å²) >= 11 is 5.66. The van der Waals surface area contributed by atoms with E-state index in [4.69, 9.17) is 16.3 Å². The summed E-state index contributed by atoms with van der Waals surface area (Å²) < 4.78 is 22.8. The molecule has 0 radical (unpaired) electrons. The molecule has 5 heteroatoms. The smallest absolute Gasteiger partial charge is 0.338 e. The van der Waals surface area contributed by atoms with Gasteiger partial charge in [-0.05, 0) is 24.6 Å². The van der Waals surface area contributed by atoms with Crippen LogP contribution < -0.4 is 0 Å². The van der Waals surface area contributed by atoms with E-state index in [2.05, 4.69) is 4.74 Å². The van der Waals surface area contributed by atoms with Gasteiger partial charge in [-0.2, -0.15) is 0 Å². The number of epoxide rings is 1. The molecule has 0 N–H and O–H groups in total. The van der Waals surface area contributed by atoms with Gasteiger partial charge in [-0.3, -0.25) is 0 Å². The summed E-state index contributed by atoms with van der Waals surface area (Å²) in [4.78, 5) is 11.3. The second-order valence-corrected chi connectivity index (χ2v) is 4.16. The van der Waals surface area contributed by atoms with Gasteiger partial charge in [0, 0.05) is 0 Å². The Labute approximate surface area is 97.1 Å². The third kappa shape index (κ3) is 1.68. The minimum absolute atomic E-state index is 0.0119. The van der Waals surface area contributed by atoms with Gasteiger partial charge in [0.15, 0.2) is 6.10 Å². The number of carbonyl (C=O) groups excluding carboxylic acids is 1. The van der Waals surface area contributed by atoms with E-state index in [0.29, 0.717) is 5.56 Å².